The second kappa shape index (κ2) is 9.19. The largest absolute Gasteiger partial charge is 0.493 e. The standard InChI is InChI=1S/C24H27N5O3S/c1-13(2)18-10-16(17-11-25-29(14(3)4)22(17)26-18)23(30)28-24-27-19(12-33-24)15-7-8-20(31-5)21(9-15)32-6/h7-14H,1-6H3,(H,27,28,30). The number of rotatable bonds is 7. The molecule has 1 N–H and O–H groups in total. The summed E-state index contributed by atoms with van der Waals surface area (Å²) in [6.45, 7) is 8.20. The fourth-order valence-electron chi connectivity index (χ4n) is 3.52. The van der Waals surface area contributed by atoms with E-state index >= 15 is 0 Å². The first-order valence-electron chi connectivity index (χ1n) is 10.7. The maximum Gasteiger partial charge on any atom is 0.258 e. The van der Waals surface area contributed by atoms with Crippen LogP contribution in [0.15, 0.2) is 35.8 Å². The van der Waals surface area contributed by atoms with Gasteiger partial charge in [0.2, 0.25) is 0 Å². The third-order valence-electron chi connectivity index (χ3n) is 5.32. The van der Waals surface area contributed by atoms with E-state index in [2.05, 4.69) is 29.2 Å². The van der Waals surface area contributed by atoms with Gasteiger partial charge in [0.15, 0.2) is 22.3 Å². The Bertz CT molecular complexity index is 1310. The van der Waals surface area contributed by atoms with Crippen LogP contribution in [-0.2, 0) is 0 Å². The highest BCUT2D eigenvalue weighted by molar-refractivity contribution is 7.14. The summed E-state index contributed by atoms with van der Waals surface area (Å²) in [7, 11) is 3.19. The van der Waals surface area contributed by atoms with Crippen LogP contribution in [0.5, 0.6) is 11.5 Å². The number of carbonyl (C=O) groups excluding carboxylic acids is 1. The topological polar surface area (TPSA) is 91.2 Å². The van der Waals surface area contributed by atoms with Gasteiger partial charge in [-0.25, -0.2) is 14.6 Å². The second-order valence-corrected chi connectivity index (χ2v) is 9.09. The first-order chi connectivity index (χ1) is 15.8. The van der Waals surface area contributed by atoms with Gasteiger partial charge < -0.3 is 9.47 Å². The maximum atomic E-state index is 13.3. The number of aromatic nitrogens is 4. The van der Waals surface area contributed by atoms with E-state index in [4.69, 9.17) is 14.5 Å². The smallest absolute Gasteiger partial charge is 0.258 e. The zero-order valence-corrected chi connectivity index (χ0v) is 20.4. The van der Waals surface area contributed by atoms with Crippen molar-refractivity contribution in [1.29, 1.82) is 0 Å². The SMILES string of the molecule is COc1ccc(-c2csc(NC(=O)c3cc(C(C)C)nc4c3cnn4C(C)C)n2)cc1OC. The number of amides is 1. The lowest BCUT2D eigenvalue weighted by atomic mass is 10.0. The van der Waals surface area contributed by atoms with Gasteiger partial charge in [-0.15, -0.1) is 11.3 Å². The van der Waals surface area contributed by atoms with Gasteiger partial charge >= 0.3 is 0 Å². The molecule has 0 saturated carbocycles. The summed E-state index contributed by atoms with van der Waals surface area (Å²) >= 11 is 1.37. The summed E-state index contributed by atoms with van der Waals surface area (Å²) in [5.74, 6) is 1.21. The van der Waals surface area contributed by atoms with Crippen LogP contribution in [0.1, 0.15) is 55.7 Å². The second-order valence-electron chi connectivity index (χ2n) is 8.23. The Balaban J connectivity index is 1.65. The molecule has 3 aromatic heterocycles. The van der Waals surface area contributed by atoms with Crippen molar-refractivity contribution in [2.75, 3.05) is 19.5 Å². The quantitative estimate of drug-likeness (QED) is 0.386. The molecule has 9 heteroatoms. The molecule has 3 heterocycles. The van der Waals surface area contributed by atoms with Crippen LogP contribution in [0.4, 0.5) is 5.13 Å². The number of nitrogens with one attached hydrogen (secondary N) is 1. The average Bonchev–Trinajstić information content (AvgIpc) is 3.44. The lowest BCUT2D eigenvalue weighted by Crippen LogP contribution is -2.14. The van der Waals surface area contributed by atoms with Gasteiger partial charge in [0.05, 0.1) is 37.1 Å². The summed E-state index contributed by atoms with van der Waals surface area (Å²) in [6.07, 6.45) is 1.71. The Hall–Kier alpha value is -3.46. The van der Waals surface area contributed by atoms with Crippen molar-refractivity contribution in [1.82, 2.24) is 19.7 Å². The van der Waals surface area contributed by atoms with Gasteiger partial charge in [-0.3, -0.25) is 10.1 Å². The number of methoxy groups -OCH3 is 2. The minimum absolute atomic E-state index is 0.135. The van der Waals surface area contributed by atoms with E-state index in [1.54, 1.807) is 20.4 Å². The number of anilines is 1. The van der Waals surface area contributed by atoms with Crippen molar-refractivity contribution >= 4 is 33.4 Å². The molecule has 1 aromatic carbocycles. The molecule has 0 bridgehead atoms. The summed E-state index contributed by atoms with van der Waals surface area (Å²) in [5, 5.41) is 10.5. The molecular weight excluding hydrogens is 438 g/mol. The first kappa shape index (κ1) is 22.7. The van der Waals surface area contributed by atoms with E-state index in [9.17, 15) is 4.79 Å². The van der Waals surface area contributed by atoms with Crippen LogP contribution in [-0.4, -0.2) is 39.9 Å². The highest BCUT2D eigenvalue weighted by Gasteiger charge is 2.20. The van der Waals surface area contributed by atoms with Crippen molar-refractivity contribution in [3.63, 3.8) is 0 Å². The van der Waals surface area contributed by atoms with Crippen LogP contribution in [0.25, 0.3) is 22.3 Å². The monoisotopic (exact) mass is 465 g/mol. The molecule has 0 spiro atoms. The number of thiazole rings is 1. The van der Waals surface area contributed by atoms with Crippen molar-refractivity contribution in [2.45, 2.75) is 39.7 Å². The van der Waals surface area contributed by atoms with Gasteiger partial charge in [0.25, 0.3) is 5.91 Å². The van der Waals surface area contributed by atoms with E-state index < -0.39 is 0 Å². The van der Waals surface area contributed by atoms with Crippen molar-refractivity contribution in [2.24, 2.45) is 0 Å². The van der Waals surface area contributed by atoms with Gasteiger partial charge in [0, 0.05) is 22.7 Å². The predicted octanol–water partition coefficient (Wildman–Crippen LogP) is 5.53. The molecule has 4 rings (SSSR count). The highest BCUT2D eigenvalue weighted by atomic mass is 32.1. The highest BCUT2D eigenvalue weighted by Crippen LogP contribution is 2.34. The van der Waals surface area contributed by atoms with Crippen molar-refractivity contribution in [3.05, 3.63) is 47.1 Å². The Kier molecular flexibility index (Phi) is 6.33. The van der Waals surface area contributed by atoms with Gasteiger partial charge in [-0.05, 0) is 44.0 Å². The van der Waals surface area contributed by atoms with Crippen molar-refractivity contribution in [3.8, 4) is 22.8 Å². The number of fused-ring (bicyclic) bond motifs is 1. The van der Waals surface area contributed by atoms with E-state index in [1.165, 1.54) is 11.3 Å². The number of ether oxygens (including phenoxy) is 2. The molecule has 0 fully saturated rings. The fourth-order valence-corrected chi connectivity index (χ4v) is 4.24. The van der Waals surface area contributed by atoms with Crippen LogP contribution in [0.3, 0.4) is 0 Å². The van der Waals surface area contributed by atoms with Crippen LogP contribution in [0.2, 0.25) is 0 Å². The molecule has 0 atom stereocenters. The number of hydrogen-bond acceptors (Lipinski definition) is 7. The molecule has 0 aliphatic carbocycles. The Morgan fingerprint density at radius 1 is 1.06 bits per heavy atom. The number of carbonyl (C=O) groups is 1. The fraction of sp³-hybridized carbons (Fsp3) is 0.333. The molecule has 8 nitrogen and oxygen atoms in total. The Labute approximate surface area is 196 Å². The molecule has 33 heavy (non-hydrogen) atoms. The van der Waals surface area contributed by atoms with Gasteiger partial charge in [-0.2, -0.15) is 5.10 Å². The van der Waals surface area contributed by atoms with Crippen LogP contribution in [0, 0.1) is 0 Å². The predicted molar refractivity (Wildman–Crippen MR) is 131 cm³/mol. The average molecular weight is 466 g/mol. The molecular formula is C24H27N5O3S. The Morgan fingerprint density at radius 3 is 2.48 bits per heavy atom. The molecule has 172 valence electrons. The summed E-state index contributed by atoms with van der Waals surface area (Å²) in [6, 6.07) is 7.58. The van der Waals surface area contributed by atoms with Gasteiger partial charge in [-0.1, -0.05) is 13.8 Å². The van der Waals surface area contributed by atoms with E-state index in [0.717, 1.165) is 22.3 Å². The number of nitrogens with zero attached hydrogens (tertiary/aromatic N) is 4. The molecule has 0 aliphatic rings. The van der Waals surface area contributed by atoms with Crippen LogP contribution >= 0.6 is 11.3 Å². The lowest BCUT2D eigenvalue weighted by molar-refractivity contribution is 0.102. The van der Waals surface area contributed by atoms with Crippen LogP contribution < -0.4 is 14.8 Å². The van der Waals surface area contributed by atoms with Crippen molar-refractivity contribution < 1.29 is 14.3 Å². The summed E-state index contributed by atoms with van der Waals surface area (Å²) < 4.78 is 12.5. The summed E-state index contributed by atoms with van der Waals surface area (Å²) in [4.78, 5) is 22.6. The minimum atomic E-state index is -0.235. The number of benzene rings is 1. The summed E-state index contributed by atoms with van der Waals surface area (Å²) in [5.41, 5.74) is 3.72. The number of pyridine rings is 1. The first-order valence-corrected chi connectivity index (χ1v) is 11.6. The van der Waals surface area contributed by atoms with Gasteiger partial charge in [0.1, 0.15) is 0 Å². The molecule has 0 aliphatic heterocycles. The minimum Gasteiger partial charge on any atom is -0.493 e. The number of hydrogen-bond donors (Lipinski definition) is 1. The third kappa shape index (κ3) is 4.41. The third-order valence-corrected chi connectivity index (χ3v) is 6.07. The zero-order chi connectivity index (χ0) is 23.7. The zero-order valence-electron chi connectivity index (χ0n) is 19.5. The molecule has 0 radical (unpaired) electrons. The maximum absolute atomic E-state index is 13.3. The Morgan fingerprint density at radius 2 is 1.82 bits per heavy atom. The molecule has 0 unspecified atom stereocenters. The lowest BCUT2D eigenvalue weighted by Gasteiger charge is -2.12. The van der Waals surface area contributed by atoms with E-state index in [0.29, 0.717) is 27.8 Å². The van der Waals surface area contributed by atoms with E-state index in [1.807, 2.05) is 48.2 Å². The normalized spacial score (nSPS) is 11.4. The van der Waals surface area contributed by atoms with E-state index in [-0.39, 0.29) is 17.9 Å². The molecule has 1 amide bonds. The molecule has 4 aromatic rings. The molecule has 0 saturated heterocycles.